The largest absolute Gasteiger partial charge is 0.491 e. The molecule has 35 heavy (non-hydrogen) atoms. The van der Waals surface area contributed by atoms with Crippen molar-refractivity contribution in [2.45, 2.75) is 38.9 Å². The lowest BCUT2D eigenvalue weighted by Crippen LogP contribution is -2.26. The monoisotopic (exact) mass is 462 g/mol. The lowest BCUT2D eigenvalue weighted by atomic mass is 10.1. The zero-order chi connectivity index (χ0) is 23.8. The van der Waals surface area contributed by atoms with Crippen molar-refractivity contribution in [3.8, 4) is 33.8 Å². The van der Waals surface area contributed by atoms with Gasteiger partial charge in [0.25, 0.3) is 0 Å². The third-order valence-corrected chi connectivity index (χ3v) is 7.03. The van der Waals surface area contributed by atoms with Gasteiger partial charge in [-0.15, -0.1) is 0 Å². The Kier molecular flexibility index (Phi) is 5.79. The van der Waals surface area contributed by atoms with E-state index in [2.05, 4.69) is 98.8 Å². The van der Waals surface area contributed by atoms with E-state index in [9.17, 15) is 0 Å². The van der Waals surface area contributed by atoms with E-state index in [0.29, 0.717) is 13.2 Å². The van der Waals surface area contributed by atoms with Crippen LogP contribution in [-0.2, 0) is 17.6 Å². The highest BCUT2D eigenvalue weighted by Gasteiger charge is 2.23. The molecular formula is C32H30O3. The van der Waals surface area contributed by atoms with E-state index < -0.39 is 0 Å². The molecule has 0 heterocycles. The highest BCUT2D eigenvalue weighted by Crippen LogP contribution is 2.42. The van der Waals surface area contributed by atoms with Gasteiger partial charge in [-0.25, -0.2) is 0 Å². The molecule has 0 fully saturated rings. The maximum absolute atomic E-state index is 6.33. The fourth-order valence-corrected chi connectivity index (χ4v) is 5.31. The van der Waals surface area contributed by atoms with E-state index in [1.54, 1.807) is 0 Å². The van der Waals surface area contributed by atoms with E-state index in [0.717, 1.165) is 24.3 Å². The highest BCUT2D eigenvalue weighted by molar-refractivity contribution is 5.79. The predicted molar refractivity (Wildman–Crippen MR) is 140 cm³/mol. The summed E-state index contributed by atoms with van der Waals surface area (Å²) in [7, 11) is 0. The maximum atomic E-state index is 6.33. The normalized spacial score (nSPS) is 14.5. The van der Waals surface area contributed by atoms with E-state index in [1.807, 2.05) is 0 Å². The summed E-state index contributed by atoms with van der Waals surface area (Å²) < 4.78 is 18.7. The first-order valence-electron chi connectivity index (χ1n) is 12.5. The number of hydrogen-bond donors (Lipinski definition) is 0. The second-order valence-electron chi connectivity index (χ2n) is 9.62. The Morgan fingerprint density at radius 2 is 1.11 bits per heavy atom. The number of rotatable bonds is 8. The van der Waals surface area contributed by atoms with Crippen molar-refractivity contribution in [2.75, 3.05) is 13.2 Å². The lowest BCUT2D eigenvalue weighted by Gasteiger charge is -2.21. The van der Waals surface area contributed by atoms with Crippen LogP contribution in [0, 0.1) is 0 Å². The topological polar surface area (TPSA) is 27.7 Å². The van der Waals surface area contributed by atoms with E-state index in [4.69, 9.17) is 14.2 Å². The van der Waals surface area contributed by atoms with Gasteiger partial charge in [0.1, 0.15) is 24.2 Å². The van der Waals surface area contributed by atoms with Gasteiger partial charge >= 0.3 is 0 Å². The Labute approximate surface area is 207 Å². The molecule has 2 aliphatic rings. The molecular weight excluding hydrogens is 432 g/mol. The number of hydrogen-bond acceptors (Lipinski definition) is 3. The molecule has 6 rings (SSSR count). The van der Waals surface area contributed by atoms with Gasteiger partial charge in [-0.3, -0.25) is 0 Å². The fourth-order valence-electron chi connectivity index (χ4n) is 5.31. The van der Waals surface area contributed by atoms with Gasteiger partial charge in [-0.1, -0.05) is 72.8 Å². The Bertz CT molecular complexity index is 1370. The number of benzene rings is 4. The van der Waals surface area contributed by atoms with Crippen molar-refractivity contribution in [3.05, 3.63) is 107 Å². The van der Waals surface area contributed by atoms with Crippen LogP contribution in [0.3, 0.4) is 0 Å². The van der Waals surface area contributed by atoms with E-state index in [-0.39, 0.29) is 12.2 Å². The summed E-state index contributed by atoms with van der Waals surface area (Å²) in [6.45, 7) is 5.15. The molecule has 0 radical (unpaired) electrons. The van der Waals surface area contributed by atoms with Crippen LogP contribution in [0.1, 0.15) is 36.1 Å². The van der Waals surface area contributed by atoms with Crippen molar-refractivity contribution in [1.29, 1.82) is 0 Å². The zero-order valence-electron chi connectivity index (χ0n) is 20.3. The average Bonchev–Trinajstić information content (AvgIpc) is 3.46. The minimum Gasteiger partial charge on any atom is -0.491 e. The standard InChI is InChI=1S/C32H30O3/c1-21(19-34-31-15-7-13-27-25-11-5-3-9-23(25)17-29(27)31)33-20-22(2)35-32-16-8-14-28-26-12-6-4-10-24(26)18-30(28)32/h3-16,21-22H,17-20H2,1-2H3. The average molecular weight is 463 g/mol. The van der Waals surface area contributed by atoms with Crippen LogP contribution in [0.5, 0.6) is 11.5 Å². The Hall–Kier alpha value is -3.56. The second kappa shape index (κ2) is 9.24. The van der Waals surface area contributed by atoms with Crippen molar-refractivity contribution >= 4 is 0 Å². The summed E-state index contributed by atoms with van der Waals surface area (Å²) in [5.41, 5.74) is 10.5. The molecule has 4 aromatic rings. The summed E-state index contributed by atoms with van der Waals surface area (Å²) in [6.07, 6.45) is 1.76. The molecule has 2 atom stereocenters. The molecule has 0 saturated carbocycles. The smallest absolute Gasteiger partial charge is 0.123 e. The summed E-state index contributed by atoms with van der Waals surface area (Å²) in [6, 6.07) is 29.9. The van der Waals surface area contributed by atoms with Gasteiger partial charge < -0.3 is 14.2 Å². The molecule has 0 spiro atoms. The van der Waals surface area contributed by atoms with Crippen LogP contribution in [0.4, 0.5) is 0 Å². The van der Waals surface area contributed by atoms with Crippen LogP contribution in [0.15, 0.2) is 84.9 Å². The molecule has 2 aliphatic carbocycles. The maximum Gasteiger partial charge on any atom is 0.123 e. The minimum absolute atomic E-state index is 0.0357. The fraction of sp³-hybridized carbons (Fsp3) is 0.250. The SMILES string of the molecule is CC(COc1cccc2c1Cc1ccccc1-2)OCC(C)Oc1cccc2c1Cc1ccccc1-2. The molecule has 3 nitrogen and oxygen atoms in total. The van der Waals surface area contributed by atoms with Gasteiger partial charge in [0.15, 0.2) is 0 Å². The zero-order valence-corrected chi connectivity index (χ0v) is 20.3. The summed E-state index contributed by atoms with van der Waals surface area (Å²) in [4.78, 5) is 0. The molecule has 176 valence electrons. The van der Waals surface area contributed by atoms with Crippen LogP contribution >= 0.6 is 0 Å². The first kappa shape index (κ1) is 21.9. The van der Waals surface area contributed by atoms with Crippen molar-refractivity contribution in [1.82, 2.24) is 0 Å². The van der Waals surface area contributed by atoms with Gasteiger partial charge in [0.05, 0.1) is 12.7 Å². The van der Waals surface area contributed by atoms with Crippen molar-refractivity contribution < 1.29 is 14.2 Å². The van der Waals surface area contributed by atoms with Crippen LogP contribution in [0.25, 0.3) is 22.3 Å². The van der Waals surface area contributed by atoms with Crippen LogP contribution < -0.4 is 9.47 Å². The Morgan fingerprint density at radius 1 is 0.571 bits per heavy atom. The molecule has 0 N–H and O–H groups in total. The van der Waals surface area contributed by atoms with Gasteiger partial charge in [0, 0.05) is 24.0 Å². The lowest BCUT2D eigenvalue weighted by molar-refractivity contribution is -0.00630. The molecule has 0 aliphatic heterocycles. The molecule has 0 bridgehead atoms. The van der Waals surface area contributed by atoms with Gasteiger partial charge in [-0.05, 0) is 59.4 Å². The molecule has 2 unspecified atom stereocenters. The predicted octanol–water partition coefficient (Wildman–Crippen LogP) is 7.08. The minimum atomic E-state index is -0.0527. The molecule has 4 aromatic carbocycles. The second-order valence-corrected chi connectivity index (χ2v) is 9.62. The van der Waals surface area contributed by atoms with Gasteiger partial charge in [-0.2, -0.15) is 0 Å². The van der Waals surface area contributed by atoms with Crippen molar-refractivity contribution in [2.24, 2.45) is 0 Å². The summed E-state index contributed by atoms with van der Waals surface area (Å²) in [5, 5.41) is 0. The van der Waals surface area contributed by atoms with E-state index >= 15 is 0 Å². The van der Waals surface area contributed by atoms with Crippen molar-refractivity contribution in [3.63, 3.8) is 0 Å². The first-order chi connectivity index (χ1) is 17.2. The first-order valence-corrected chi connectivity index (χ1v) is 12.5. The Morgan fingerprint density at radius 3 is 1.77 bits per heavy atom. The van der Waals surface area contributed by atoms with Crippen LogP contribution in [-0.4, -0.2) is 25.4 Å². The van der Waals surface area contributed by atoms with Crippen LogP contribution in [0.2, 0.25) is 0 Å². The molecule has 3 heteroatoms. The Balaban J connectivity index is 1.04. The molecule has 0 amide bonds. The molecule has 0 saturated heterocycles. The summed E-state index contributed by atoms with van der Waals surface area (Å²) in [5.74, 6) is 1.91. The molecule has 0 aromatic heterocycles. The third-order valence-electron chi connectivity index (χ3n) is 7.03. The third kappa shape index (κ3) is 4.21. The van der Waals surface area contributed by atoms with Gasteiger partial charge in [0.2, 0.25) is 0 Å². The quantitative estimate of drug-likeness (QED) is 0.242. The summed E-state index contributed by atoms with van der Waals surface area (Å²) >= 11 is 0. The number of ether oxygens (including phenoxy) is 3. The number of fused-ring (bicyclic) bond motifs is 6. The highest BCUT2D eigenvalue weighted by atomic mass is 16.6. The van der Waals surface area contributed by atoms with E-state index in [1.165, 1.54) is 44.5 Å².